The van der Waals surface area contributed by atoms with Crippen LogP contribution in [0.4, 0.5) is 23.2 Å². The van der Waals surface area contributed by atoms with Crippen molar-refractivity contribution in [2.45, 2.75) is 49.6 Å². The Kier molecular flexibility index (Phi) is 6.64. The Morgan fingerprint density at radius 2 is 1.69 bits per heavy atom. The molecule has 0 bridgehead atoms. The number of rotatable bonds is 4. The van der Waals surface area contributed by atoms with E-state index in [1.165, 1.54) is 0 Å². The van der Waals surface area contributed by atoms with Crippen molar-refractivity contribution in [2.75, 3.05) is 11.9 Å². The minimum absolute atomic E-state index is 0.0412. The molecule has 11 heteroatoms. The van der Waals surface area contributed by atoms with E-state index in [1.807, 2.05) is 0 Å². The third kappa shape index (κ3) is 4.79. The number of anilines is 1. The van der Waals surface area contributed by atoms with Gasteiger partial charge in [0.1, 0.15) is 10.7 Å². The van der Waals surface area contributed by atoms with E-state index in [-0.39, 0.29) is 18.5 Å². The molecule has 1 unspecified atom stereocenters. The van der Waals surface area contributed by atoms with Crippen LogP contribution >= 0.6 is 0 Å². The lowest BCUT2D eigenvalue weighted by atomic mass is 9.98. The van der Waals surface area contributed by atoms with Crippen LogP contribution in [0.2, 0.25) is 0 Å². The zero-order valence-corrected chi connectivity index (χ0v) is 18.1. The number of nitrogens with zero attached hydrogens (tertiary/aromatic N) is 1. The maximum absolute atomic E-state index is 14.6. The summed E-state index contributed by atoms with van der Waals surface area (Å²) in [6.45, 7) is 3.28. The van der Waals surface area contributed by atoms with Crippen LogP contribution < -0.4 is 5.32 Å². The van der Waals surface area contributed by atoms with Gasteiger partial charge in [0, 0.05) is 35.5 Å². The van der Waals surface area contributed by atoms with Gasteiger partial charge < -0.3 is 10.4 Å². The Morgan fingerprint density at radius 1 is 1.06 bits per heavy atom. The summed E-state index contributed by atoms with van der Waals surface area (Å²) in [5.41, 5.74) is -1.60. The first-order valence-corrected chi connectivity index (χ1v) is 11.2. The molecule has 1 heterocycles. The van der Waals surface area contributed by atoms with Gasteiger partial charge in [-0.3, -0.25) is 4.79 Å². The summed E-state index contributed by atoms with van der Waals surface area (Å²) in [5.74, 6) is -6.80. The van der Waals surface area contributed by atoms with E-state index in [1.54, 1.807) is 13.8 Å². The number of carbonyl (C=O) groups is 1. The second kappa shape index (κ2) is 8.80. The Hall–Kier alpha value is -2.50. The fourth-order valence-electron chi connectivity index (χ4n) is 3.60. The lowest BCUT2D eigenvalue weighted by Gasteiger charge is -2.36. The smallest absolute Gasteiger partial charge is 0.255 e. The molecule has 2 aromatic carbocycles. The number of hydrogen-bond acceptors (Lipinski definition) is 4. The van der Waals surface area contributed by atoms with Crippen LogP contribution in [-0.4, -0.2) is 41.9 Å². The van der Waals surface area contributed by atoms with Crippen molar-refractivity contribution in [3.05, 3.63) is 59.2 Å². The highest BCUT2D eigenvalue weighted by atomic mass is 32.2. The number of halogens is 4. The zero-order chi connectivity index (χ0) is 23.8. The number of benzene rings is 2. The standard InChI is InChI=1S/C21H22F4N2O4S/c1-21(2)7-5-14(28)6-8-27(21)32(30,31)18-9-12(3-4-15(18)22)20(29)26-13-10-16(23)19(25)17(24)11-13/h3-4,9-11,14,28H,5-8H2,1-2H3,(H,26,29). The highest BCUT2D eigenvalue weighted by Gasteiger charge is 2.40. The predicted octanol–water partition coefficient (Wildman–Crippen LogP) is 3.81. The number of nitrogens with one attached hydrogen (secondary N) is 1. The fourth-order valence-corrected chi connectivity index (χ4v) is 5.51. The molecule has 174 valence electrons. The van der Waals surface area contributed by atoms with Crippen molar-refractivity contribution in [3.8, 4) is 0 Å². The summed E-state index contributed by atoms with van der Waals surface area (Å²) in [6, 6.07) is 3.75. The molecule has 0 radical (unpaired) electrons. The Labute approximate surface area is 182 Å². The number of hydrogen-bond donors (Lipinski definition) is 2. The second-order valence-electron chi connectivity index (χ2n) is 8.22. The van der Waals surface area contributed by atoms with E-state index in [0.29, 0.717) is 25.0 Å². The molecule has 1 fully saturated rings. The Bertz CT molecular complexity index is 1130. The average molecular weight is 474 g/mol. The van der Waals surface area contributed by atoms with Gasteiger partial charge in [0.05, 0.1) is 6.10 Å². The summed E-state index contributed by atoms with van der Waals surface area (Å²) in [6.07, 6.45) is 0.213. The van der Waals surface area contributed by atoms with Crippen LogP contribution in [0.3, 0.4) is 0 Å². The molecule has 1 aliphatic heterocycles. The maximum Gasteiger partial charge on any atom is 0.255 e. The summed E-state index contributed by atoms with van der Waals surface area (Å²) in [4.78, 5) is 11.8. The Morgan fingerprint density at radius 3 is 2.31 bits per heavy atom. The molecule has 2 N–H and O–H groups in total. The number of carbonyl (C=O) groups excluding carboxylic acids is 1. The first kappa shape index (κ1) is 24.1. The quantitative estimate of drug-likeness (QED) is 0.521. The molecule has 1 amide bonds. The number of aliphatic hydroxyl groups is 1. The highest BCUT2D eigenvalue weighted by molar-refractivity contribution is 7.89. The van der Waals surface area contributed by atoms with Crippen molar-refractivity contribution in [2.24, 2.45) is 0 Å². The summed E-state index contributed by atoms with van der Waals surface area (Å²) >= 11 is 0. The van der Waals surface area contributed by atoms with E-state index in [2.05, 4.69) is 5.32 Å². The zero-order valence-electron chi connectivity index (χ0n) is 17.3. The third-order valence-electron chi connectivity index (χ3n) is 5.43. The number of amides is 1. The fraction of sp³-hybridized carbons (Fsp3) is 0.381. The third-order valence-corrected chi connectivity index (χ3v) is 7.56. The molecule has 0 spiro atoms. The van der Waals surface area contributed by atoms with E-state index >= 15 is 0 Å². The summed E-state index contributed by atoms with van der Waals surface area (Å²) in [7, 11) is -4.40. The molecule has 1 saturated heterocycles. The lowest BCUT2D eigenvalue weighted by molar-refractivity contribution is 0.102. The molecule has 1 aliphatic rings. The topological polar surface area (TPSA) is 86.7 Å². The average Bonchev–Trinajstić information content (AvgIpc) is 2.84. The van der Waals surface area contributed by atoms with E-state index < -0.39 is 61.4 Å². The van der Waals surface area contributed by atoms with Gasteiger partial charge in [-0.15, -0.1) is 0 Å². The molecule has 0 saturated carbocycles. The predicted molar refractivity (Wildman–Crippen MR) is 108 cm³/mol. The van der Waals surface area contributed by atoms with Gasteiger partial charge in [0.15, 0.2) is 17.5 Å². The molecule has 1 atom stereocenters. The van der Waals surface area contributed by atoms with E-state index in [4.69, 9.17) is 0 Å². The molecule has 32 heavy (non-hydrogen) atoms. The molecule has 0 aliphatic carbocycles. The van der Waals surface area contributed by atoms with E-state index in [0.717, 1.165) is 22.5 Å². The summed E-state index contributed by atoms with van der Waals surface area (Å²) < 4.78 is 82.1. The van der Waals surface area contributed by atoms with Crippen molar-refractivity contribution in [1.29, 1.82) is 0 Å². The van der Waals surface area contributed by atoms with Gasteiger partial charge >= 0.3 is 0 Å². The van der Waals surface area contributed by atoms with Gasteiger partial charge in [0.25, 0.3) is 5.91 Å². The van der Waals surface area contributed by atoms with Crippen LogP contribution in [0, 0.1) is 23.3 Å². The number of sulfonamides is 1. The van der Waals surface area contributed by atoms with Gasteiger partial charge in [-0.05, 0) is 51.3 Å². The van der Waals surface area contributed by atoms with Crippen LogP contribution in [-0.2, 0) is 10.0 Å². The first-order chi connectivity index (χ1) is 14.8. The lowest BCUT2D eigenvalue weighted by Crippen LogP contribution is -2.47. The normalized spacial score (nSPS) is 19.4. The van der Waals surface area contributed by atoms with Crippen molar-refractivity contribution >= 4 is 21.6 Å². The molecule has 2 aromatic rings. The van der Waals surface area contributed by atoms with E-state index in [9.17, 15) is 35.9 Å². The molecule has 3 rings (SSSR count). The van der Waals surface area contributed by atoms with Crippen LogP contribution in [0.5, 0.6) is 0 Å². The molecular formula is C21H22F4N2O4S. The minimum atomic E-state index is -4.40. The van der Waals surface area contributed by atoms with Crippen molar-refractivity contribution in [1.82, 2.24) is 4.31 Å². The summed E-state index contributed by atoms with van der Waals surface area (Å²) in [5, 5.41) is 12.0. The SMILES string of the molecule is CC1(C)CCC(O)CCN1S(=O)(=O)c1cc(C(=O)Nc2cc(F)c(F)c(F)c2)ccc1F. The van der Waals surface area contributed by atoms with Gasteiger partial charge in [-0.1, -0.05) is 0 Å². The second-order valence-corrected chi connectivity index (χ2v) is 10.1. The minimum Gasteiger partial charge on any atom is -0.393 e. The van der Waals surface area contributed by atoms with Crippen molar-refractivity contribution in [3.63, 3.8) is 0 Å². The monoisotopic (exact) mass is 474 g/mol. The Balaban J connectivity index is 1.95. The maximum atomic E-state index is 14.6. The largest absolute Gasteiger partial charge is 0.393 e. The number of aliphatic hydroxyl groups excluding tert-OH is 1. The van der Waals surface area contributed by atoms with Crippen molar-refractivity contribution < 1.29 is 35.9 Å². The highest BCUT2D eigenvalue weighted by Crippen LogP contribution is 2.33. The first-order valence-electron chi connectivity index (χ1n) is 9.79. The van der Waals surface area contributed by atoms with Gasteiger partial charge in [0.2, 0.25) is 10.0 Å². The van der Waals surface area contributed by atoms with Gasteiger partial charge in [-0.25, -0.2) is 26.0 Å². The van der Waals surface area contributed by atoms with Gasteiger partial charge in [-0.2, -0.15) is 4.31 Å². The molecule has 6 nitrogen and oxygen atoms in total. The molecule has 0 aromatic heterocycles. The van der Waals surface area contributed by atoms with Crippen LogP contribution in [0.1, 0.15) is 43.5 Å². The molecular weight excluding hydrogens is 452 g/mol. The van der Waals surface area contributed by atoms with Crippen LogP contribution in [0.15, 0.2) is 35.2 Å². The van der Waals surface area contributed by atoms with Crippen LogP contribution in [0.25, 0.3) is 0 Å².